The Morgan fingerprint density at radius 2 is 1.91 bits per heavy atom. The zero-order chi connectivity index (χ0) is 16.6. The molecule has 3 rings (SSSR count). The lowest BCUT2D eigenvalue weighted by molar-refractivity contribution is 0.354. The van der Waals surface area contributed by atoms with E-state index < -0.39 is 0 Å². The Kier molecular flexibility index (Phi) is 3.96. The van der Waals surface area contributed by atoms with E-state index in [1.807, 2.05) is 12.1 Å². The summed E-state index contributed by atoms with van der Waals surface area (Å²) in [5.74, 6) is 1.28. The zero-order valence-electron chi connectivity index (χ0n) is 13.3. The third-order valence-electron chi connectivity index (χ3n) is 4.16. The van der Waals surface area contributed by atoms with Crippen LogP contribution in [0, 0.1) is 5.41 Å². The fraction of sp³-hybridized carbons (Fsp3) is 0.375. The molecule has 1 aliphatic rings. The van der Waals surface area contributed by atoms with Gasteiger partial charge in [-0.25, -0.2) is 4.79 Å². The third kappa shape index (κ3) is 2.43. The third-order valence-corrected chi connectivity index (χ3v) is 4.16. The van der Waals surface area contributed by atoms with Gasteiger partial charge in [0.25, 0.3) is 0 Å². The molecule has 2 aromatic rings. The van der Waals surface area contributed by atoms with Crippen LogP contribution < -0.4 is 26.4 Å². The molecule has 3 N–H and O–H groups in total. The van der Waals surface area contributed by atoms with Gasteiger partial charge < -0.3 is 15.2 Å². The molecule has 1 aromatic carbocycles. The van der Waals surface area contributed by atoms with E-state index in [-0.39, 0.29) is 11.2 Å². The van der Waals surface area contributed by atoms with Crippen molar-refractivity contribution in [2.45, 2.75) is 19.5 Å². The minimum Gasteiger partial charge on any atom is -0.493 e. The molecule has 0 saturated heterocycles. The number of hydrogen-bond acceptors (Lipinski definition) is 5. The van der Waals surface area contributed by atoms with Crippen LogP contribution in [0.15, 0.2) is 23.0 Å². The Morgan fingerprint density at radius 1 is 1.22 bits per heavy atom. The second kappa shape index (κ2) is 5.92. The van der Waals surface area contributed by atoms with Crippen molar-refractivity contribution in [3.63, 3.8) is 0 Å². The number of methoxy groups -OCH3 is 2. The van der Waals surface area contributed by atoms with Crippen molar-refractivity contribution >= 4 is 0 Å². The average molecular weight is 316 g/mol. The number of ether oxygens (including phenoxy) is 2. The van der Waals surface area contributed by atoms with E-state index in [2.05, 4.69) is 0 Å². The Hall–Kier alpha value is -2.54. The highest BCUT2D eigenvalue weighted by molar-refractivity contribution is 5.69. The summed E-state index contributed by atoms with van der Waals surface area (Å²) in [6.45, 7) is 1.24. The maximum atomic E-state index is 12.6. The Labute approximate surface area is 133 Å². The minimum absolute atomic E-state index is 0.161. The van der Waals surface area contributed by atoms with Gasteiger partial charge in [0.2, 0.25) is 0 Å². The van der Waals surface area contributed by atoms with E-state index in [0.29, 0.717) is 31.1 Å². The summed E-state index contributed by atoms with van der Waals surface area (Å²) in [6, 6.07) is 5.51. The van der Waals surface area contributed by atoms with E-state index in [0.717, 1.165) is 23.2 Å². The highest BCUT2D eigenvalue weighted by atomic mass is 16.5. The zero-order valence-corrected chi connectivity index (χ0v) is 13.3. The fourth-order valence-electron chi connectivity index (χ4n) is 3.02. The van der Waals surface area contributed by atoms with Crippen LogP contribution in [0.1, 0.15) is 5.56 Å². The maximum absolute atomic E-state index is 12.6. The molecule has 23 heavy (non-hydrogen) atoms. The van der Waals surface area contributed by atoms with Gasteiger partial charge in [-0.05, 0) is 24.1 Å². The molecule has 0 atom stereocenters. The first-order chi connectivity index (χ1) is 11.1. The van der Waals surface area contributed by atoms with E-state index >= 15 is 0 Å². The van der Waals surface area contributed by atoms with Crippen LogP contribution in [0.4, 0.5) is 0 Å². The number of aromatic nitrogens is 2. The van der Waals surface area contributed by atoms with Gasteiger partial charge in [0.1, 0.15) is 5.49 Å². The van der Waals surface area contributed by atoms with Gasteiger partial charge >= 0.3 is 5.69 Å². The molecule has 0 spiro atoms. The summed E-state index contributed by atoms with van der Waals surface area (Å²) in [4.78, 5) is 12.6. The van der Waals surface area contributed by atoms with E-state index in [1.165, 1.54) is 4.57 Å². The molecule has 0 fully saturated rings. The number of rotatable bonds is 4. The summed E-state index contributed by atoms with van der Waals surface area (Å²) in [6.07, 6.45) is 0.725. The molecule has 0 saturated carbocycles. The largest absolute Gasteiger partial charge is 0.493 e. The first kappa shape index (κ1) is 15.4. The maximum Gasteiger partial charge on any atom is 0.330 e. The van der Waals surface area contributed by atoms with Crippen LogP contribution in [-0.4, -0.2) is 29.9 Å². The standard InChI is InChI=1S/C16H20N4O3/c1-22-13-7-10-3-5-19-12(11(10)8-14(13)23-2)9-15(18)20(6-4-17)16(19)21/h7-9,18H,3-6,17H2,1-2H3. The summed E-state index contributed by atoms with van der Waals surface area (Å²) in [5, 5.41) is 8.11. The second-order valence-electron chi connectivity index (χ2n) is 5.40. The van der Waals surface area contributed by atoms with Crippen LogP contribution in [0.3, 0.4) is 0 Å². The number of nitrogens with one attached hydrogen (secondary N) is 1. The molecule has 2 heterocycles. The lowest BCUT2D eigenvalue weighted by Crippen LogP contribution is -2.42. The van der Waals surface area contributed by atoms with Crippen molar-refractivity contribution in [3.05, 3.63) is 39.7 Å². The van der Waals surface area contributed by atoms with Gasteiger partial charge in [-0.3, -0.25) is 14.5 Å². The molecular formula is C16H20N4O3. The molecule has 1 aliphatic heterocycles. The van der Waals surface area contributed by atoms with E-state index in [4.69, 9.17) is 20.6 Å². The summed E-state index contributed by atoms with van der Waals surface area (Å²) >= 11 is 0. The molecule has 1 aromatic heterocycles. The van der Waals surface area contributed by atoms with E-state index in [1.54, 1.807) is 24.9 Å². The molecule has 122 valence electrons. The van der Waals surface area contributed by atoms with Crippen molar-refractivity contribution in [1.82, 2.24) is 9.13 Å². The molecule has 0 bridgehead atoms. The van der Waals surface area contributed by atoms with Gasteiger partial charge in [-0.1, -0.05) is 0 Å². The highest BCUT2D eigenvalue weighted by Crippen LogP contribution is 2.37. The molecule has 0 aliphatic carbocycles. The first-order valence-corrected chi connectivity index (χ1v) is 7.45. The Balaban J connectivity index is 2.25. The number of aryl methyl sites for hydroxylation is 1. The van der Waals surface area contributed by atoms with Crippen LogP contribution in [0.5, 0.6) is 11.5 Å². The topological polar surface area (TPSA) is 95.3 Å². The lowest BCUT2D eigenvalue weighted by atomic mass is 9.97. The Morgan fingerprint density at radius 3 is 2.57 bits per heavy atom. The second-order valence-corrected chi connectivity index (χ2v) is 5.40. The molecule has 0 amide bonds. The van der Waals surface area contributed by atoms with Crippen LogP contribution >= 0.6 is 0 Å². The summed E-state index contributed by atoms with van der Waals surface area (Å²) < 4.78 is 13.8. The van der Waals surface area contributed by atoms with Crippen LogP contribution in [0.2, 0.25) is 0 Å². The van der Waals surface area contributed by atoms with Gasteiger partial charge in [-0.2, -0.15) is 0 Å². The summed E-state index contributed by atoms with van der Waals surface area (Å²) in [7, 11) is 3.18. The number of nitrogens with two attached hydrogens (primary N) is 1. The highest BCUT2D eigenvalue weighted by Gasteiger charge is 2.21. The van der Waals surface area contributed by atoms with Crippen molar-refractivity contribution in [2.24, 2.45) is 5.73 Å². The smallest absolute Gasteiger partial charge is 0.330 e. The van der Waals surface area contributed by atoms with Gasteiger partial charge in [0.15, 0.2) is 11.5 Å². The van der Waals surface area contributed by atoms with Crippen LogP contribution in [-0.2, 0) is 19.5 Å². The molecular weight excluding hydrogens is 296 g/mol. The normalized spacial score (nSPS) is 12.5. The van der Waals surface area contributed by atoms with Crippen molar-refractivity contribution in [3.8, 4) is 22.8 Å². The van der Waals surface area contributed by atoms with Gasteiger partial charge in [0, 0.05) is 31.3 Å². The predicted molar refractivity (Wildman–Crippen MR) is 85.8 cm³/mol. The molecule has 0 radical (unpaired) electrons. The van der Waals surface area contributed by atoms with Crippen LogP contribution in [0.25, 0.3) is 11.3 Å². The lowest BCUT2D eigenvalue weighted by Gasteiger charge is -2.24. The molecule has 7 nitrogen and oxygen atoms in total. The molecule has 0 unspecified atom stereocenters. The van der Waals surface area contributed by atoms with E-state index in [9.17, 15) is 4.79 Å². The number of nitrogens with zero attached hydrogens (tertiary/aromatic N) is 2. The van der Waals surface area contributed by atoms with Crippen molar-refractivity contribution < 1.29 is 9.47 Å². The summed E-state index contributed by atoms with van der Waals surface area (Å²) in [5.41, 5.74) is 8.22. The fourth-order valence-corrected chi connectivity index (χ4v) is 3.02. The monoisotopic (exact) mass is 316 g/mol. The minimum atomic E-state index is -0.196. The van der Waals surface area contributed by atoms with Gasteiger partial charge in [0.05, 0.1) is 19.9 Å². The first-order valence-electron chi connectivity index (χ1n) is 7.45. The number of benzene rings is 1. The van der Waals surface area contributed by atoms with Crippen molar-refractivity contribution in [1.29, 1.82) is 5.41 Å². The van der Waals surface area contributed by atoms with Crippen molar-refractivity contribution in [2.75, 3.05) is 20.8 Å². The molecule has 7 heteroatoms. The Bertz CT molecular complexity index is 867. The predicted octanol–water partition coefficient (Wildman–Crippen LogP) is 0.328. The quantitative estimate of drug-likeness (QED) is 0.849. The average Bonchev–Trinajstić information content (AvgIpc) is 2.57. The SMILES string of the molecule is COc1cc2c(cc1OC)-c1cc(=N)n(CCN)c(=O)n1CC2. The number of fused-ring (bicyclic) bond motifs is 3. The number of hydrogen-bond donors (Lipinski definition) is 2. The van der Waals surface area contributed by atoms with Gasteiger partial charge in [-0.15, -0.1) is 0 Å².